The Morgan fingerprint density at radius 3 is 2.68 bits per heavy atom. The van der Waals surface area contributed by atoms with Crippen LogP contribution >= 0.6 is 11.8 Å². The molecule has 1 aliphatic carbocycles. The molecule has 0 radical (unpaired) electrons. The van der Waals surface area contributed by atoms with Gasteiger partial charge in [-0.15, -0.1) is 5.10 Å². The second-order valence-electron chi connectivity index (χ2n) is 6.13. The Morgan fingerprint density at radius 2 is 2.18 bits per heavy atom. The number of hydrogen-bond acceptors (Lipinski definition) is 5. The zero-order valence-corrected chi connectivity index (χ0v) is 14.0. The normalized spacial score (nSPS) is 18.5. The summed E-state index contributed by atoms with van der Waals surface area (Å²) in [7, 11) is 0. The summed E-state index contributed by atoms with van der Waals surface area (Å²) < 4.78 is 1.61. The van der Waals surface area contributed by atoms with E-state index in [0.717, 1.165) is 12.8 Å². The van der Waals surface area contributed by atoms with Gasteiger partial charge in [0.15, 0.2) is 5.16 Å². The summed E-state index contributed by atoms with van der Waals surface area (Å²) in [5, 5.41) is 18.6. The summed E-state index contributed by atoms with van der Waals surface area (Å²) >= 11 is 1.23. The number of amides is 1. The van der Waals surface area contributed by atoms with Crippen molar-refractivity contribution in [1.29, 1.82) is 5.26 Å². The van der Waals surface area contributed by atoms with Gasteiger partial charge in [-0.25, -0.2) is 9.89 Å². The van der Waals surface area contributed by atoms with Crippen LogP contribution < -0.4 is 11.0 Å². The van der Waals surface area contributed by atoms with E-state index in [1.54, 1.807) is 18.4 Å². The number of thioether (sulfide) groups is 1. The van der Waals surface area contributed by atoms with E-state index in [4.69, 9.17) is 0 Å². The van der Waals surface area contributed by atoms with Crippen LogP contribution in [0.2, 0.25) is 0 Å². The third-order valence-electron chi connectivity index (χ3n) is 4.01. The lowest BCUT2D eigenvalue weighted by Gasteiger charge is -2.28. The zero-order valence-electron chi connectivity index (χ0n) is 13.2. The molecule has 1 aromatic heterocycles. The number of rotatable bonds is 6. The number of nitrogens with zero attached hydrogens (tertiary/aromatic N) is 3. The molecule has 1 aliphatic rings. The maximum atomic E-state index is 12.3. The van der Waals surface area contributed by atoms with Crippen LogP contribution in [0.5, 0.6) is 0 Å². The van der Waals surface area contributed by atoms with Crippen molar-refractivity contribution in [2.75, 3.05) is 0 Å². The molecule has 1 aromatic rings. The molecule has 1 fully saturated rings. The van der Waals surface area contributed by atoms with Gasteiger partial charge in [-0.2, -0.15) is 5.26 Å². The van der Waals surface area contributed by atoms with Crippen molar-refractivity contribution in [1.82, 2.24) is 20.1 Å². The average molecular weight is 323 g/mol. The van der Waals surface area contributed by atoms with Crippen molar-refractivity contribution >= 4 is 17.7 Å². The first kappa shape index (κ1) is 16.6. The predicted octanol–water partition coefficient (Wildman–Crippen LogP) is 1.44. The van der Waals surface area contributed by atoms with Crippen LogP contribution in [0.3, 0.4) is 0 Å². The van der Waals surface area contributed by atoms with Crippen LogP contribution in [0.4, 0.5) is 0 Å². The minimum atomic E-state index is -0.909. The van der Waals surface area contributed by atoms with Gasteiger partial charge in [0.05, 0.1) is 11.3 Å². The molecule has 120 valence electrons. The maximum absolute atomic E-state index is 12.3. The fourth-order valence-electron chi connectivity index (χ4n) is 1.90. The molecular weight excluding hydrogens is 302 g/mol. The van der Waals surface area contributed by atoms with Gasteiger partial charge in [0.25, 0.3) is 0 Å². The third-order valence-corrected chi connectivity index (χ3v) is 5.07. The molecule has 0 unspecified atom stereocenters. The molecular formula is C14H21N5O2S. The number of aromatic nitrogens is 3. The van der Waals surface area contributed by atoms with Crippen LogP contribution in [0.25, 0.3) is 0 Å². The molecule has 8 heteroatoms. The molecule has 0 aliphatic heterocycles. The lowest BCUT2D eigenvalue weighted by atomic mass is 9.90. The molecule has 2 rings (SSSR count). The minimum Gasteiger partial charge on any atom is -0.337 e. The first-order valence-electron chi connectivity index (χ1n) is 7.35. The molecule has 2 N–H and O–H groups in total. The van der Waals surface area contributed by atoms with E-state index in [-0.39, 0.29) is 23.6 Å². The van der Waals surface area contributed by atoms with Crippen LogP contribution in [0, 0.1) is 17.2 Å². The highest BCUT2D eigenvalue weighted by Gasteiger charge is 2.33. The molecule has 22 heavy (non-hydrogen) atoms. The van der Waals surface area contributed by atoms with Gasteiger partial charge >= 0.3 is 5.69 Å². The topological polar surface area (TPSA) is 104 Å². The van der Waals surface area contributed by atoms with Gasteiger partial charge < -0.3 is 5.32 Å². The number of carbonyl (C=O) groups excluding carboxylic acids is 1. The average Bonchev–Trinajstić information content (AvgIpc) is 3.23. The lowest BCUT2D eigenvalue weighted by molar-refractivity contribution is -0.121. The summed E-state index contributed by atoms with van der Waals surface area (Å²) in [6, 6.07) is 2.35. The highest BCUT2D eigenvalue weighted by Crippen LogP contribution is 2.36. The van der Waals surface area contributed by atoms with Crippen molar-refractivity contribution < 1.29 is 4.79 Å². The first-order chi connectivity index (χ1) is 10.3. The number of carbonyl (C=O) groups is 1. The van der Waals surface area contributed by atoms with E-state index in [1.807, 2.05) is 13.8 Å². The quantitative estimate of drug-likeness (QED) is 0.771. The van der Waals surface area contributed by atoms with Crippen molar-refractivity contribution in [2.24, 2.45) is 5.92 Å². The molecule has 0 saturated heterocycles. The summed E-state index contributed by atoms with van der Waals surface area (Å²) in [6.45, 7) is 7.23. The van der Waals surface area contributed by atoms with E-state index in [1.165, 1.54) is 11.8 Å². The minimum absolute atomic E-state index is 0.00585. The summed E-state index contributed by atoms with van der Waals surface area (Å²) in [6.07, 6.45) is 1.93. The molecule has 0 bridgehead atoms. The zero-order chi connectivity index (χ0) is 16.5. The van der Waals surface area contributed by atoms with Crippen LogP contribution in [0.1, 0.15) is 46.6 Å². The molecule has 0 aromatic carbocycles. The molecule has 1 amide bonds. The Hall–Kier alpha value is -1.75. The van der Waals surface area contributed by atoms with Gasteiger partial charge in [0.1, 0.15) is 5.54 Å². The SMILES string of the molecule is CC(C)[C@](C)(C#N)NC(=O)[C@@H](C)Sc1n[nH]c(=O)n1C1CC1. The summed E-state index contributed by atoms with van der Waals surface area (Å²) in [4.78, 5) is 24.0. The van der Waals surface area contributed by atoms with E-state index in [9.17, 15) is 14.9 Å². The molecule has 1 saturated carbocycles. The molecule has 1 heterocycles. The number of H-pyrrole nitrogens is 1. The van der Waals surface area contributed by atoms with Crippen LogP contribution in [-0.4, -0.2) is 31.5 Å². The fraction of sp³-hybridized carbons (Fsp3) is 0.714. The second-order valence-corrected chi connectivity index (χ2v) is 7.44. The van der Waals surface area contributed by atoms with E-state index in [0.29, 0.717) is 5.16 Å². The second kappa shape index (κ2) is 6.16. The Labute approximate surface area is 133 Å². The van der Waals surface area contributed by atoms with Gasteiger partial charge in [0.2, 0.25) is 5.91 Å². The largest absolute Gasteiger partial charge is 0.344 e. The van der Waals surface area contributed by atoms with Crippen molar-refractivity contribution in [2.45, 2.75) is 62.5 Å². The van der Waals surface area contributed by atoms with E-state index < -0.39 is 10.8 Å². The Balaban J connectivity index is 2.06. The monoisotopic (exact) mass is 323 g/mol. The maximum Gasteiger partial charge on any atom is 0.344 e. The number of nitriles is 1. The Bertz CT molecular complexity index is 655. The molecule has 7 nitrogen and oxygen atoms in total. The summed E-state index contributed by atoms with van der Waals surface area (Å²) in [5.74, 6) is -0.241. The smallest absolute Gasteiger partial charge is 0.337 e. The number of hydrogen-bond donors (Lipinski definition) is 2. The summed E-state index contributed by atoms with van der Waals surface area (Å²) in [5.41, 5.74) is -1.14. The van der Waals surface area contributed by atoms with Crippen molar-refractivity contribution in [3.63, 3.8) is 0 Å². The van der Waals surface area contributed by atoms with Crippen LogP contribution in [-0.2, 0) is 4.79 Å². The Kier molecular flexibility index (Phi) is 4.66. The highest BCUT2D eigenvalue weighted by atomic mass is 32.2. The fourth-order valence-corrected chi connectivity index (χ4v) is 2.82. The van der Waals surface area contributed by atoms with Gasteiger partial charge in [-0.05, 0) is 32.6 Å². The predicted molar refractivity (Wildman–Crippen MR) is 83.4 cm³/mol. The lowest BCUT2D eigenvalue weighted by Crippen LogP contribution is -2.51. The van der Waals surface area contributed by atoms with Gasteiger partial charge in [0, 0.05) is 6.04 Å². The Morgan fingerprint density at radius 1 is 1.55 bits per heavy atom. The van der Waals surface area contributed by atoms with Crippen molar-refractivity contribution in [3.05, 3.63) is 10.5 Å². The van der Waals surface area contributed by atoms with Crippen LogP contribution in [0.15, 0.2) is 9.95 Å². The van der Waals surface area contributed by atoms with E-state index >= 15 is 0 Å². The van der Waals surface area contributed by atoms with Gasteiger partial charge in [-0.3, -0.25) is 9.36 Å². The number of nitrogens with one attached hydrogen (secondary N) is 2. The van der Waals surface area contributed by atoms with Gasteiger partial charge in [-0.1, -0.05) is 25.6 Å². The standard InChI is InChI=1S/C14H21N5O2S/c1-8(2)14(4,7-15)16-11(20)9(3)22-13-18-17-12(21)19(13)10-5-6-10/h8-10H,5-6H2,1-4H3,(H,16,20)(H,17,21)/t9-,14+/m1/s1. The highest BCUT2D eigenvalue weighted by molar-refractivity contribution is 8.00. The molecule has 2 atom stereocenters. The third kappa shape index (κ3) is 3.35. The van der Waals surface area contributed by atoms with Crippen molar-refractivity contribution in [3.8, 4) is 6.07 Å². The number of aromatic amines is 1. The first-order valence-corrected chi connectivity index (χ1v) is 8.23. The molecule has 0 spiro atoms. The van der Waals surface area contributed by atoms with E-state index in [2.05, 4.69) is 21.6 Å².